The predicted octanol–water partition coefficient (Wildman–Crippen LogP) is 1.25. The molecule has 0 unspecified atom stereocenters. The van der Waals surface area contributed by atoms with E-state index in [2.05, 4.69) is 10.2 Å². The number of rotatable bonds is 1. The smallest absolute Gasteiger partial charge is 0.170 e. The van der Waals surface area contributed by atoms with Crippen molar-refractivity contribution in [1.29, 1.82) is 5.26 Å². The Morgan fingerprint density at radius 3 is 3.08 bits per heavy atom. The number of H-pyrrole nitrogens is 1. The van der Waals surface area contributed by atoms with Gasteiger partial charge in [-0.1, -0.05) is 6.07 Å². The maximum absolute atomic E-state index is 10.6. The Morgan fingerprint density at radius 1 is 1.54 bits per heavy atom. The van der Waals surface area contributed by atoms with Crippen LogP contribution in [0.3, 0.4) is 0 Å². The lowest BCUT2D eigenvalue weighted by atomic mass is 10.1. The molecule has 1 N–H and O–H groups in total. The van der Waals surface area contributed by atoms with Gasteiger partial charge in [-0.25, -0.2) is 0 Å². The lowest BCUT2D eigenvalue weighted by Gasteiger charge is -1.90. The highest BCUT2D eigenvalue weighted by Crippen LogP contribution is 2.18. The Labute approximate surface area is 73.8 Å². The number of carbonyl (C=O) groups is 1. The molecule has 4 nitrogen and oxygen atoms in total. The quantitative estimate of drug-likeness (QED) is 0.656. The van der Waals surface area contributed by atoms with Crippen molar-refractivity contribution in [1.82, 2.24) is 10.2 Å². The fourth-order valence-electron chi connectivity index (χ4n) is 1.28. The van der Waals surface area contributed by atoms with Gasteiger partial charge < -0.3 is 0 Å². The van der Waals surface area contributed by atoms with Crippen LogP contribution in [-0.2, 0) is 0 Å². The van der Waals surface area contributed by atoms with Gasteiger partial charge in [0, 0.05) is 5.39 Å². The van der Waals surface area contributed by atoms with Crippen LogP contribution in [0.4, 0.5) is 0 Å². The summed E-state index contributed by atoms with van der Waals surface area (Å²) in [6, 6.07) is 7.19. The van der Waals surface area contributed by atoms with Crippen molar-refractivity contribution in [2.24, 2.45) is 0 Å². The number of aldehydes is 1. The van der Waals surface area contributed by atoms with Gasteiger partial charge in [-0.3, -0.25) is 9.89 Å². The number of benzene rings is 1. The molecule has 1 aromatic carbocycles. The van der Waals surface area contributed by atoms with Crippen molar-refractivity contribution >= 4 is 17.2 Å². The highest BCUT2D eigenvalue weighted by Gasteiger charge is 2.07. The zero-order valence-electron chi connectivity index (χ0n) is 6.61. The average molecular weight is 171 g/mol. The molecule has 0 saturated carbocycles. The molecule has 1 heterocycles. The second-order valence-electron chi connectivity index (χ2n) is 2.57. The van der Waals surface area contributed by atoms with Crippen LogP contribution in [0, 0.1) is 11.3 Å². The van der Waals surface area contributed by atoms with Gasteiger partial charge in [-0.15, -0.1) is 0 Å². The van der Waals surface area contributed by atoms with Gasteiger partial charge in [0.2, 0.25) is 0 Å². The van der Waals surface area contributed by atoms with E-state index in [9.17, 15) is 4.79 Å². The molecule has 4 heteroatoms. The second-order valence-corrected chi connectivity index (χ2v) is 2.57. The van der Waals surface area contributed by atoms with Crippen LogP contribution in [-0.4, -0.2) is 16.5 Å². The molecule has 13 heavy (non-hydrogen) atoms. The summed E-state index contributed by atoms with van der Waals surface area (Å²) in [5, 5.41) is 15.8. The molecule has 0 bridgehead atoms. The SMILES string of the molecule is N#Cc1cccc2[nH]nc(C=O)c12. The van der Waals surface area contributed by atoms with Crippen LogP contribution in [0.15, 0.2) is 18.2 Å². The number of nitriles is 1. The number of carbonyl (C=O) groups excluding carboxylic acids is 1. The summed E-state index contributed by atoms with van der Waals surface area (Å²) in [4.78, 5) is 10.6. The lowest BCUT2D eigenvalue weighted by molar-refractivity contribution is 0.112. The van der Waals surface area contributed by atoms with Crippen LogP contribution in [0.5, 0.6) is 0 Å². The Morgan fingerprint density at radius 2 is 2.38 bits per heavy atom. The van der Waals surface area contributed by atoms with E-state index in [-0.39, 0.29) is 5.69 Å². The van der Waals surface area contributed by atoms with Crippen molar-refractivity contribution in [2.75, 3.05) is 0 Å². The Hall–Kier alpha value is -2.15. The van der Waals surface area contributed by atoms with Crippen LogP contribution in [0.2, 0.25) is 0 Å². The number of aromatic nitrogens is 2. The molecule has 0 atom stereocenters. The zero-order valence-corrected chi connectivity index (χ0v) is 6.61. The van der Waals surface area contributed by atoms with Crippen LogP contribution in [0.1, 0.15) is 16.1 Å². The zero-order chi connectivity index (χ0) is 9.26. The summed E-state index contributed by atoms with van der Waals surface area (Å²) < 4.78 is 0. The van der Waals surface area contributed by atoms with Crippen molar-refractivity contribution in [2.45, 2.75) is 0 Å². The largest absolute Gasteiger partial charge is 0.296 e. The first-order valence-electron chi connectivity index (χ1n) is 3.69. The maximum atomic E-state index is 10.6. The van der Waals surface area contributed by atoms with Gasteiger partial charge in [-0.2, -0.15) is 10.4 Å². The van der Waals surface area contributed by atoms with Crippen LogP contribution in [0.25, 0.3) is 10.9 Å². The summed E-state index contributed by atoms with van der Waals surface area (Å²) in [6.45, 7) is 0. The number of nitrogens with zero attached hydrogens (tertiary/aromatic N) is 2. The standard InChI is InChI=1S/C9H5N3O/c10-4-6-2-1-3-7-9(6)8(5-13)12-11-7/h1-3,5H,(H,11,12). The number of hydrogen-bond donors (Lipinski definition) is 1. The van der Waals surface area contributed by atoms with Crippen molar-refractivity contribution in [3.05, 3.63) is 29.5 Å². The summed E-state index contributed by atoms with van der Waals surface area (Å²) in [5.41, 5.74) is 1.46. The average Bonchev–Trinajstić information content (AvgIpc) is 2.60. The number of fused-ring (bicyclic) bond motifs is 1. The van der Waals surface area contributed by atoms with E-state index in [4.69, 9.17) is 5.26 Å². The second kappa shape index (κ2) is 2.72. The van der Waals surface area contributed by atoms with E-state index < -0.39 is 0 Å². The molecule has 0 aliphatic rings. The molecule has 0 aliphatic heterocycles. The minimum atomic E-state index is 0.284. The first-order chi connectivity index (χ1) is 6.36. The molecule has 0 amide bonds. The predicted molar refractivity (Wildman–Crippen MR) is 46.2 cm³/mol. The topological polar surface area (TPSA) is 69.5 Å². The molecular weight excluding hydrogens is 166 g/mol. The third kappa shape index (κ3) is 0.983. The maximum Gasteiger partial charge on any atom is 0.170 e. The molecule has 2 aromatic rings. The van der Waals surface area contributed by atoms with Crippen molar-refractivity contribution in [3.8, 4) is 6.07 Å². The number of nitrogens with one attached hydrogen (secondary N) is 1. The molecule has 0 radical (unpaired) electrons. The number of aromatic amines is 1. The normalized spacial score (nSPS) is 9.77. The van der Waals surface area contributed by atoms with E-state index >= 15 is 0 Å². The Balaban J connectivity index is 2.93. The third-order valence-electron chi connectivity index (χ3n) is 1.85. The lowest BCUT2D eigenvalue weighted by Crippen LogP contribution is -1.82. The van der Waals surface area contributed by atoms with Gasteiger partial charge in [-0.05, 0) is 12.1 Å². The van der Waals surface area contributed by atoms with E-state index in [0.717, 1.165) is 0 Å². The summed E-state index contributed by atoms with van der Waals surface area (Å²) >= 11 is 0. The summed E-state index contributed by atoms with van der Waals surface area (Å²) in [6.07, 6.45) is 0.639. The first-order valence-corrected chi connectivity index (χ1v) is 3.69. The Bertz CT molecular complexity index is 507. The summed E-state index contributed by atoms with van der Waals surface area (Å²) in [7, 11) is 0. The minimum Gasteiger partial charge on any atom is -0.296 e. The molecule has 0 saturated heterocycles. The number of hydrogen-bond acceptors (Lipinski definition) is 3. The fraction of sp³-hybridized carbons (Fsp3) is 0. The molecule has 0 spiro atoms. The molecule has 62 valence electrons. The first kappa shape index (κ1) is 7.50. The van der Waals surface area contributed by atoms with E-state index in [1.165, 1.54) is 0 Å². The third-order valence-corrected chi connectivity index (χ3v) is 1.85. The highest BCUT2D eigenvalue weighted by molar-refractivity contribution is 5.98. The van der Waals surface area contributed by atoms with Crippen LogP contribution >= 0.6 is 0 Å². The van der Waals surface area contributed by atoms with Gasteiger partial charge in [0.1, 0.15) is 5.69 Å². The monoisotopic (exact) mass is 171 g/mol. The molecule has 0 fully saturated rings. The van der Waals surface area contributed by atoms with Crippen LogP contribution < -0.4 is 0 Å². The van der Waals surface area contributed by atoms with Gasteiger partial charge in [0.15, 0.2) is 6.29 Å². The van der Waals surface area contributed by atoms with Gasteiger partial charge in [0.05, 0.1) is 17.1 Å². The highest BCUT2D eigenvalue weighted by atomic mass is 16.1. The van der Waals surface area contributed by atoms with Crippen molar-refractivity contribution < 1.29 is 4.79 Å². The molecule has 2 rings (SSSR count). The molecule has 1 aromatic heterocycles. The van der Waals surface area contributed by atoms with Crippen molar-refractivity contribution in [3.63, 3.8) is 0 Å². The van der Waals surface area contributed by atoms with Gasteiger partial charge in [0.25, 0.3) is 0 Å². The Kier molecular flexibility index (Phi) is 1.57. The summed E-state index contributed by atoms with van der Waals surface area (Å²) in [5.74, 6) is 0. The van der Waals surface area contributed by atoms with E-state index in [0.29, 0.717) is 22.8 Å². The van der Waals surface area contributed by atoms with Gasteiger partial charge >= 0.3 is 0 Å². The minimum absolute atomic E-state index is 0.284. The molecular formula is C9H5N3O. The van der Waals surface area contributed by atoms with E-state index in [1.807, 2.05) is 6.07 Å². The molecule has 0 aliphatic carbocycles. The fourth-order valence-corrected chi connectivity index (χ4v) is 1.28. The van der Waals surface area contributed by atoms with E-state index in [1.54, 1.807) is 18.2 Å².